The molecule has 1 aromatic rings. The smallest absolute Gasteiger partial charge is 0.227 e. The molecule has 1 N–H and O–H groups in total. The molecular formula is C18H25BrN2O2. The summed E-state index contributed by atoms with van der Waals surface area (Å²) in [5.74, 6) is 0.635. The van der Waals surface area contributed by atoms with E-state index in [0.29, 0.717) is 25.4 Å². The highest BCUT2D eigenvalue weighted by Gasteiger charge is 2.27. The summed E-state index contributed by atoms with van der Waals surface area (Å²) in [7, 11) is 0. The lowest BCUT2D eigenvalue weighted by Crippen LogP contribution is -2.41. The number of anilines is 1. The van der Waals surface area contributed by atoms with E-state index in [4.69, 9.17) is 0 Å². The summed E-state index contributed by atoms with van der Waals surface area (Å²) in [4.78, 5) is 26.4. The van der Waals surface area contributed by atoms with E-state index < -0.39 is 0 Å². The highest BCUT2D eigenvalue weighted by Crippen LogP contribution is 2.23. The first kappa shape index (κ1) is 18.0. The van der Waals surface area contributed by atoms with Gasteiger partial charge in [0.15, 0.2) is 0 Å². The summed E-state index contributed by atoms with van der Waals surface area (Å²) in [5, 5.41) is 2.99. The van der Waals surface area contributed by atoms with Crippen LogP contribution in [-0.2, 0) is 9.59 Å². The lowest BCUT2D eigenvalue weighted by molar-refractivity contribution is -0.135. The van der Waals surface area contributed by atoms with Gasteiger partial charge in [0.05, 0.1) is 0 Å². The maximum absolute atomic E-state index is 12.4. The Morgan fingerprint density at radius 1 is 1.30 bits per heavy atom. The summed E-state index contributed by atoms with van der Waals surface area (Å²) in [5.41, 5.74) is 1.92. The van der Waals surface area contributed by atoms with Gasteiger partial charge in [-0.25, -0.2) is 0 Å². The number of hydrogen-bond donors (Lipinski definition) is 1. The van der Waals surface area contributed by atoms with Crippen molar-refractivity contribution in [2.24, 2.45) is 11.8 Å². The van der Waals surface area contributed by atoms with E-state index in [0.717, 1.165) is 28.6 Å². The normalized spacial score (nSPS) is 15.8. The van der Waals surface area contributed by atoms with Crippen molar-refractivity contribution < 1.29 is 9.59 Å². The molecule has 23 heavy (non-hydrogen) atoms. The van der Waals surface area contributed by atoms with Crippen molar-refractivity contribution in [3.05, 3.63) is 28.2 Å². The van der Waals surface area contributed by atoms with Crippen LogP contribution in [0.15, 0.2) is 22.7 Å². The number of carbonyl (C=O) groups is 2. The standard InChI is InChI=1S/C18H25BrN2O2/c1-12(2)10-17(22)21-8-6-14(7-9-21)18(23)20-15-4-5-16(19)13(3)11-15/h4-5,11-12,14H,6-10H2,1-3H3,(H,20,23). The molecule has 2 rings (SSSR count). The van der Waals surface area contributed by atoms with E-state index in [1.807, 2.05) is 30.0 Å². The molecule has 5 heteroatoms. The average molecular weight is 381 g/mol. The van der Waals surface area contributed by atoms with Crippen molar-refractivity contribution in [3.63, 3.8) is 0 Å². The number of nitrogens with zero attached hydrogens (tertiary/aromatic N) is 1. The van der Waals surface area contributed by atoms with Crippen LogP contribution in [0, 0.1) is 18.8 Å². The van der Waals surface area contributed by atoms with Gasteiger partial charge in [-0.3, -0.25) is 9.59 Å². The third-order valence-corrected chi connectivity index (χ3v) is 5.12. The van der Waals surface area contributed by atoms with Crippen LogP contribution in [-0.4, -0.2) is 29.8 Å². The molecule has 1 heterocycles. The molecule has 4 nitrogen and oxygen atoms in total. The summed E-state index contributed by atoms with van der Waals surface area (Å²) in [6, 6.07) is 5.80. The molecule has 0 bridgehead atoms. The predicted molar refractivity (Wildman–Crippen MR) is 96.3 cm³/mol. The second-order valence-electron chi connectivity index (χ2n) is 6.71. The number of carbonyl (C=O) groups excluding carboxylic acids is 2. The third kappa shape index (κ3) is 5.06. The van der Waals surface area contributed by atoms with E-state index >= 15 is 0 Å². The molecule has 0 atom stereocenters. The van der Waals surface area contributed by atoms with Gasteiger partial charge in [0.2, 0.25) is 11.8 Å². The van der Waals surface area contributed by atoms with Crippen molar-refractivity contribution >= 4 is 33.4 Å². The van der Waals surface area contributed by atoms with Gasteiger partial charge >= 0.3 is 0 Å². The Morgan fingerprint density at radius 3 is 2.52 bits per heavy atom. The molecule has 0 radical (unpaired) electrons. The molecule has 0 aromatic heterocycles. The minimum Gasteiger partial charge on any atom is -0.343 e. The fourth-order valence-electron chi connectivity index (χ4n) is 2.84. The predicted octanol–water partition coefficient (Wildman–Crippen LogP) is 3.98. The Morgan fingerprint density at radius 2 is 1.96 bits per heavy atom. The molecule has 1 aliphatic rings. The first-order valence-corrected chi connectivity index (χ1v) is 9.01. The number of nitrogens with one attached hydrogen (secondary N) is 1. The number of rotatable bonds is 4. The van der Waals surface area contributed by atoms with Gasteiger partial charge in [-0.2, -0.15) is 0 Å². The number of piperidine rings is 1. The summed E-state index contributed by atoms with van der Waals surface area (Å²) >= 11 is 3.46. The Labute approximate surface area is 146 Å². The quantitative estimate of drug-likeness (QED) is 0.858. The minimum atomic E-state index is -0.0120. The van der Waals surface area contributed by atoms with Gasteiger partial charge in [0.1, 0.15) is 0 Å². The Bertz CT molecular complexity index is 578. The van der Waals surface area contributed by atoms with Crippen molar-refractivity contribution in [2.75, 3.05) is 18.4 Å². The topological polar surface area (TPSA) is 49.4 Å². The Balaban J connectivity index is 1.86. The molecular weight excluding hydrogens is 356 g/mol. The molecule has 0 unspecified atom stereocenters. The van der Waals surface area contributed by atoms with Crippen molar-refractivity contribution in [1.29, 1.82) is 0 Å². The Kier molecular flexibility index (Phi) is 6.22. The monoisotopic (exact) mass is 380 g/mol. The molecule has 1 saturated heterocycles. The SMILES string of the molecule is Cc1cc(NC(=O)C2CCN(C(=O)CC(C)C)CC2)ccc1Br. The number of halogens is 1. The van der Waals surface area contributed by atoms with Gasteiger partial charge in [0.25, 0.3) is 0 Å². The van der Waals surface area contributed by atoms with Gasteiger partial charge in [-0.05, 0) is 49.4 Å². The zero-order valence-corrected chi connectivity index (χ0v) is 15.6. The molecule has 1 aromatic carbocycles. The van der Waals surface area contributed by atoms with Crippen LogP contribution in [0.5, 0.6) is 0 Å². The maximum atomic E-state index is 12.4. The number of hydrogen-bond acceptors (Lipinski definition) is 2. The number of likely N-dealkylation sites (tertiary alicyclic amines) is 1. The summed E-state index contributed by atoms with van der Waals surface area (Å²) in [6.07, 6.45) is 2.07. The molecule has 1 fully saturated rings. The van der Waals surface area contributed by atoms with E-state index in [-0.39, 0.29) is 17.7 Å². The first-order chi connectivity index (χ1) is 10.9. The fraction of sp³-hybridized carbons (Fsp3) is 0.556. The maximum Gasteiger partial charge on any atom is 0.227 e. The molecule has 126 valence electrons. The first-order valence-electron chi connectivity index (χ1n) is 8.21. The molecule has 1 aliphatic heterocycles. The second kappa shape index (κ2) is 7.95. The fourth-order valence-corrected chi connectivity index (χ4v) is 3.08. The highest BCUT2D eigenvalue weighted by molar-refractivity contribution is 9.10. The van der Waals surface area contributed by atoms with Gasteiger partial charge in [0, 0.05) is 35.6 Å². The average Bonchev–Trinajstić information content (AvgIpc) is 2.50. The van der Waals surface area contributed by atoms with E-state index in [9.17, 15) is 9.59 Å². The summed E-state index contributed by atoms with van der Waals surface area (Å²) < 4.78 is 1.03. The second-order valence-corrected chi connectivity index (χ2v) is 7.56. The van der Waals surface area contributed by atoms with Crippen LogP contribution < -0.4 is 5.32 Å². The number of amides is 2. The van der Waals surface area contributed by atoms with Crippen LogP contribution in [0.1, 0.15) is 38.7 Å². The largest absolute Gasteiger partial charge is 0.343 e. The van der Waals surface area contributed by atoms with Gasteiger partial charge in [-0.15, -0.1) is 0 Å². The van der Waals surface area contributed by atoms with Crippen LogP contribution in [0.2, 0.25) is 0 Å². The Hall–Kier alpha value is -1.36. The highest BCUT2D eigenvalue weighted by atomic mass is 79.9. The van der Waals surface area contributed by atoms with Crippen LogP contribution in [0.25, 0.3) is 0 Å². The summed E-state index contributed by atoms with van der Waals surface area (Å²) in [6.45, 7) is 7.47. The van der Waals surface area contributed by atoms with Crippen molar-refractivity contribution in [1.82, 2.24) is 4.90 Å². The van der Waals surface area contributed by atoms with E-state index in [1.165, 1.54) is 0 Å². The van der Waals surface area contributed by atoms with Crippen molar-refractivity contribution in [3.8, 4) is 0 Å². The van der Waals surface area contributed by atoms with Gasteiger partial charge in [-0.1, -0.05) is 29.8 Å². The van der Waals surface area contributed by atoms with Gasteiger partial charge < -0.3 is 10.2 Å². The lowest BCUT2D eigenvalue weighted by Gasteiger charge is -2.31. The zero-order valence-electron chi connectivity index (χ0n) is 14.1. The minimum absolute atomic E-state index is 0.0120. The lowest BCUT2D eigenvalue weighted by atomic mass is 9.95. The molecule has 0 aliphatic carbocycles. The van der Waals surface area contributed by atoms with Crippen LogP contribution >= 0.6 is 15.9 Å². The molecule has 0 spiro atoms. The zero-order chi connectivity index (χ0) is 17.0. The molecule has 0 saturated carbocycles. The third-order valence-electron chi connectivity index (χ3n) is 4.23. The van der Waals surface area contributed by atoms with Crippen molar-refractivity contribution in [2.45, 2.75) is 40.0 Å². The van der Waals surface area contributed by atoms with E-state index in [2.05, 4.69) is 35.1 Å². The van der Waals surface area contributed by atoms with Crippen LogP contribution in [0.3, 0.4) is 0 Å². The molecule has 2 amide bonds. The number of benzene rings is 1. The van der Waals surface area contributed by atoms with Crippen LogP contribution in [0.4, 0.5) is 5.69 Å². The van der Waals surface area contributed by atoms with E-state index in [1.54, 1.807) is 0 Å². The number of aryl methyl sites for hydroxylation is 1.